The van der Waals surface area contributed by atoms with Crippen LogP contribution < -0.4 is 0 Å². The molecule has 0 radical (unpaired) electrons. The fraction of sp³-hybridized carbons (Fsp3) is 0.650. The van der Waals surface area contributed by atoms with E-state index in [9.17, 15) is 4.79 Å². The van der Waals surface area contributed by atoms with Crippen LogP contribution in [0.25, 0.3) is 0 Å². The van der Waals surface area contributed by atoms with Crippen LogP contribution in [0.4, 0.5) is 0 Å². The highest BCUT2D eigenvalue weighted by molar-refractivity contribution is 5.66. The number of carboxylic acid groups (broad SMARTS) is 1. The monoisotopic (exact) mass is 306 g/mol. The van der Waals surface area contributed by atoms with E-state index in [-0.39, 0.29) is 0 Å². The smallest absolute Gasteiger partial charge is 0.303 e. The fourth-order valence-corrected chi connectivity index (χ4v) is 2.25. The average molecular weight is 306 g/mol. The number of allylic oxidation sites excluding steroid dienone is 6. The summed E-state index contributed by atoms with van der Waals surface area (Å²) in [7, 11) is 0. The van der Waals surface area contributed by atoms with Crippen molar-refractivity contribution in [2.75, 3.05) is 0 Å². The molecule has 0 unspecified atom stereocenters. The highest BCUT2D eigenvalue weighted by atomic mass is 16.4. The van der Waals surface area contributed by atoms with Crippen molar-refractivity contribution in [2.45, 2.75) is 84.0 Å². The molecule has 0 aromatic heterocycles. The molecule has 0 fully saturated rings. The Morgan fingerprint density at radius 1 is 0.727 bits per heavy atom. The van der Waals surface area contributed by atoms with E-state index in [0.29, 0.717) is 6.42 Å². The first-order chi connectivity index (χ1) is 10.8. The molecule has 0 amide bonds. The SMILES string of the molecule is CC/C=C\C/C=C/C/C=C\CCCCCCCCCC(=O)O. The Morgan fingerprint density at radius 3 is 1.82 bits per heavy atom. The first kappa shape index (κ1) is 20.7. The molecule has 126 valence electrons. The summed E-state index contributed by atoms with van der Waals surface area (Å²) in [5, 5.41) is 8.53. The van der Waals surface area contributed by atoms with E-state index >= 15 is 0 Å². The second kappa shape index (κ2) is 17.7. The summed E-state index contributed by atoms with van der Waals surface area (Å²) >= 11 is 0. The molecule has 0 bridgehead atoms. The molecule has 0 aliphatic heterocycles. The molecule has 2 nitrogen and oxygen atoms in total. The van der Waals surface area contributed by atoms with Crippen molar-refractivity contribution in [1.29, 1.82) is 0 Å². The number of unbranched alkanes of at least 4 members (excludes halogenated alkanes) is 7. The largest absolute Gasteiger partial charge is 0.481 e. The van der Waals surface area contributed by atoms with E-state index in [1.54, 1.807) is 0 Å². The van der Waals surface area contributed by atoms with Gasteiger partial charge < -0.3 is 5.11 Å². The highest BCUT2D eigenvalue weighted by Gasteiger charge is 1.96. The van der Waals surface area contributed by atoms with Gasteiger partial charge in [-0.3, -0.25) is 4.79 Å². The number of carbonyl (C=O) groups is 1. The van der Waals surface area contributed by atoms with Crippen molar-refractivity contribution < 1.29 is 9.90 Å². The number of carboxylic acids is 1. The van der Waals surface area contributed by atoms with Gasteiger partial charge in [-0.25, -0.2) is 0 Å². The maximum absolute atomic E-state index is 10.3. The molecule has 0 saturated carbocycles. The van der Waals surface area contributed by atoms with Gasteiger partial charge in [-0.2, -0.15) is 0 Å². The van der Waals surface area contributed by atoms with Crippen LogP contribution in [-0.4, -0.2) is 11.1 Å². The summed E-state index contributed by atoms with van der Waals surface area (Å²) in [6.07, 6.45) is 26.3. The lowest BCUT2D eigenvalue weighted by Crippen LogP contribution is -1.93. The molecule has 0 aromatic carbocycles. The van der Waals surface area contributed by atoms with Crippen molar-refractivity contribution >= 4 is 5.97 Å². The van der Waals surface area contributed by atoms with Crippen LogP contribution in [0, 0.1) is 0 Å². The summed E-state index contributed by atoms with van der Waals surface area (Å²) in [6.45, 7) is 2.16. The van der Waals surface area contributed by atoms with Crippen molar-refractivity contribution in [2.24, 2.45) is 0 Å². The van der Waals surface area contributed by atoms with Crippen molar-refractivity contribution in [3.63, 3.8) is 0 Å². The Hall–Kier alpha value is -1.31. The maximum atomic E-state index is 10.3. The zero-order valence-corrected chi connectivity index (χ0v) is 14.3. The summed E-state index contributed by atoms with van der Waals surface area (Å²) in [4.78, 5) is 10.3. The van der Waals surface area contributed by atoms with Gasteiger partial charge in [0.15, 0.2) is 0 Å². The average Bonchev–Trinajstić information content (AvgIpc) is 2.50. The quantitative estimate of drug-likeness (QED) is 0.279. The van der Waals surface area contributed by atoms with Crippen molar-refractivity contribution in [3.05, 3.63) is 36.5 Å². The summed E-state index contributed by atoms with van der Waals surface area (Å²) in [6, 6.07) is 0. The molecule has 0 saturated heterocycles. The lowest BCUT2D eigenvalue weighted by Gasteiger charge is -2.00. The van der Waals surface area contributed by atoms with Crippen LogP contribution in [0.5, 0.6) is 0 Å². The number of hydrogen-bond acceptors (Lipinski definition) is 1. The van der Waals surface area contributed by atoms with Gasteiger partial charge in [0, 0.05) is 6.42 Å². The van der Waals surface area contributed by atoms with Crippen LogP contribution in [0.15, 0.2) is 36.5 Å². The molecule has 0 aliphatic carbocycles. The van der Waals surface area contributed by atoms with E-state index in [0.717, 1.165) is 32.1 Å². The predicted molar refractivity (Wildman–Crippen MR) is 96.1 cm³/mol. The summed E-state index contributed by atoms with van der Waals surface area (Å²) in [5.74, 6) is -0.668. The normalized spacial score (nSPS) is 12.0. The lowest BCUT2D eigenvalue weighted by molar-refractivity contribution is -0.137. The van der Waals surface area contributed by atoms with Crippen LogP contribution >= 0.6 is 0 Å². The molecular weight excluding hydrogens is 272 g/mol. The maximum Gasteiger partial charge on any atom is 0.303 e. The van der Waals surface area contributed by atoms with Crippen LogP contribution in [0.1, 0.15) is 84.0 Å². The van der Waals surface area contributed by atoms with Gasteiger partial charge in [0.25, 0.3) is 0 Å². The predicted octanol–water partition coefficient (Wildman–Crippen LogP) is 6.44. The van der Waals surface area contributed by atoms with Gasteiger partial charge in [-0.15, -0.1) is 0 Å². The molecule has 0 heterocycles. The van der Waals surface area contributed by atoms with E-state index in [2.05, 4.69) is 43.4 Å². The minimum atomic E-state index is -0.668. The molecular formula is C20H34O2. The van der Waals surface area contributed by atoms with E-state index in [1.165, 1.54) is 38.5 Å². The Labute approximate surface area is 137 Å². The van der Waals surface area contributed by atoms with Crippen molar-refractivity contribution in [3.8, 4) is 0 Å². The topological polar surface area (TPSA) is 37.3 Å². The second-order valence-corrected chi connectivity index (χ2v) is 5.70. The van der Waals surface area contributed by atoms with E-state index in [1.807, 2.05) is 0 Å². The third kappa shape index (κ3) is 18.7. The fourth-order valence-electron chi connectivity index (χ4n) is 2.25. The van der Waals surface area contributed by atoms with Crippen molar-refractivity contribution in [1.82, 2.24) is 0 Å². The molecule has 2 heteroatoms. The summed E-state index contributed by atoms with van der Waals surface area (Å²) < 4.78 is 0. The van der Waals surface area contributed by atoms with Gasteiger partial charge in [0.1, 0.15) is 0 Å². The first-order valence-electron chi connectivity index (χ1n) is 8.94. The lowest BCUT2D eigenvalue weighted by atomic mass is 10.1. The molecule has 0 rings (SSSR count). The van der Waals surface area contributed by atoms with Gasteiger partial charge >= 0.3 is 5.97 Å². The van der Waals surface area contributed by atoms with Gasteiger partial charge in [-0.1, -0.05) is 75.5 Å². The van der Waals surface area contributed by atoms with Gasteiger partial charge in [0.05, 0.1) is 0 Å². The molecule has 0 spiro atoms. The van der Waals surface area contributed by atoms with Gasteiger partial charge in [-0.05, 0) is 38.5 Å². The minimum Gasteiger partial charge on any atom is -0.481 e. The highest BCUT2D eigenvalue weighted by Crippen LogP contribution is 2.10. The molecule has 22 heavy (non-hydrogen) atoms. The second-order valence-electron chi connectivity index (χ2n) is 5.70. The number of hydrogen-bond donors (Lipinski definition) is 1. The molecule has 0 atom stereocenters. The standard InChI is InChI=1S/C20H34O2/c1-2-3-4-5-6-7-8-9-10-11-12-13-14-15-16-17-18-19-20(21)22/h3-4,6-7,9-10H,2,5,8,11-19H2,1H3,(H,21,22)/b4-3-,7-6+,10-9-. The minimum absolute atomic E-state index is 0.328. The zero-order chi connectivity index (χ0) is 16.3. The Balaban J connectivity index is 3.20. The van der Waals surface area contributed by atoms with E-state index in [4.69, 9.17) is 5.11 Å². The Bertz CT molecular complexity index is 327. The van der Waals surface area contributed by atoms with Crippen LogP contribution in [-0.2, 0) is 4.79 Å². The van der Waals surface area contributed by atoms with E-state index < -0.39 is 5.97 Å². The van der Waals surface area contributed by atoms with Crippen LogP contribution in [0.3, 0.4) is 0 Å². The Morgan fingerprint density at radius 2 is 1.23 bits per heavy atom. The third-order valence-electron chi connectivity index (χ3n) is 3.54. The molecule has 0 aliphatic rings. The number of rotatable bonds is 15. The summed E-state index contributed by atoms with van der Waals surface area (Å²) in [5.41, 5.74) is 0. The Kier molecular flexibility index (Phi) is 16.7. The first-order valence-corrected chi connectivity index (χ1v) is 8.94. The molecule has 1 N–H and O–H groups in total. The third-order valence-corrected chi connectivity index (χ3v) is 3.54. The molecule has 0 aromatic rings. The number of aliphatic carboxylic acids is 1. The zero-order valence-electron chi connectivity index (χ0n) is 14.3. The van der Waals surface area contributed by atoms with Gasteiger partial charge in [0.2, 0.25) is 0 Å². The van der Waals surface area contributed by atoms with Crippen LogP contribution in [0.2, 0.25) is 0 Å².